The molecule has 0 radical (unpaired) electrons. The molecule has 0 atom stereocenters. The van der Waals surface area contributed by atoms with Gasteiger partial charge in [-0.25, -0.2) is 9.78 Å². The Labute approximate surface area is 181 Å². The van der Waals surface area contributed by atoms with E-state index in [1.165, 1.54) is 13.2 Å². The highest BCUT2D eigenvalue weighted by Gasteiger charge is 2.17. The number of aromatic nitrogens is 1. The Morgan fingerprint density at radius 3 is 2.59 bits per heavy atom. The van der Waals surface area contributed by atoms with Crippen molar-refractivity contribution in [2.24, 2.45) is 0 Å². The van der Waals surface area contributed by atoms with Crippen molar-refractivity contribution in [1.82, 2.24) is 10.3 Å². The van der Waals surface area contributed by atoms with Crippen LogP contribution in [-0.2, 0) is 6.54 Å². The molecule has 0 saturated heterocycles. The van der Waals surface area contributed by atoms with Crippen molar-refractivity contribution >= 4 is 46.4 Å². The van der Waals surface area contributed by atoms with Crippen LogP contribution >= 0.6 is 34.5 Å². The predicted octanol–water partition coefficient (Wildman–Crippen LogP) is 5.06. The molecule has 1 aromatic heterocycles. The molecule has 3 rings (SSSR count). The second kappa shape index (κ2) is 8.82. The fourth-order valence-corrected chi connectivity index (χ4v) is 4.11. The van der Waals surface area contributed by atoms with Gasteiger partial charge in [-0.2, -0.15) is 0 Å². The summed E-state index contributed by atoms with van der Waals surface area (Å²) in [6.45, 7) is 1.84. The number of rotatable bonds is 6. The first kappa shape index (κ1) is 21.1. The summed E-state index contributed by atoms with van der Waals surface area (Å²) < 4.78 is 5.37. The maximum absolute atomic E-state index is 12.5. The van der Waals surface area contributed by atoms with Gasteiger partial charge >= 0.3 is 5.97 Å². The number of hydrogen-bond donors (Lipinski definition) is 2. The topological polar surface area (TPSA) is 88.5 Å². The molecule has 0 aliphatic carbocycles. The van der Waals surface area contributed by atoms with Gasteiger partial charge in [0.25, 0.3) is 5.91 Å². The molecule has 0 bridgehead atoms. The number of hydrogen-bond acceptors (Lipinski definition) is 5. The first-order valence-corrected chi connectivity index (χ1v) is 9.98. The number of ether oxygens (including phenoxy) is 1. The number of benzene rings is 2. The maximum Gasteiger partial charge on any atom is 0.347 e. The molecule has 0 unspecified atom stereocenters. The normalized spacial score (nSPS) is 10.6. The lowest BCUT2D eigenvalue weighted by Gasteiger charge is -2.12. The SMILES string of the molecule is COc1ccc(-c2nc(C)c(C(=O)O)s2)cc1CNC(=O)c1ccc(Cl)cc1Cl. The van der Waals surface area contributed by atoms with Crippen LogP contribution in [0.3, 0.4) is 0 Å². The standard InChI is InChI=1S/C20H16Cl2N2O4S/c1-10-17(20(26)27)29-19(24-10)11-3-6-16(28-2)12(7-11)9-23-18(25)14-5-4-13(21)8-15(14)22/h3-8H,9H2,1-2H3,(H,23,25)(H,26,27). The zero-order valence-corrected chi connectivity index (χ0v) is 17.8. The fourth-order valence-electron chi connectivity index (χ4n) is 2.71. The molecule has 0 fully saturated rings. The van der Waals surface area contributed by atoms with E-state index >= 15 is 0 Å². The van der Waals surface area contributed by atoms with Crippen LogP contribution in [0.25, 0.3) is 10.6 Å². The van der Waals surface area contributed by atoms with Gasteiger partial charge in [0.2, 0.25) is 0 Å². The molecular weight excluding hydrogens is 435 g/mol. The number of nitrogens with zero attached hydrogens (tertiary/aromatic N) is 1. The molecule has 6 nitrogen and oxygen atoms in total. The lowest BCUT2D eigenvalue weighted by molar-refractivity contribution is 0.0701. The van der Waals surface area contributed by atoms with E-state index in [9.17, 15) is 14.7 Å². The number of carbonyl (C=O) groups excluding carboxylic acids is 1. The van der Waals surface area contributed by atoms with E-state index in [1.54, 1.807) is 31.2 Å². The van der Waals surface area contributed by atoms with E-state index in [4.69, 9.17) is 27.9 Å². The van der Waals surface area contributed by atoms with Crippen molar-refractivity contribution in [3.8, 4) is 16.3 Å². The van der Waals surface area contributed by atoms with Gasteiger partial charge in [-0.05, 0) is 43.3 Å². The van der Waals surface area contributed by atoms with Crippen molar-refractivity contribution in [3.05, 3.63) is 68.1 Å². The zero-order chi connectivity index (χ0) is 21.1. The molecule has 150 valence electrons. The number of aryl methyl sites for hydroxylation is 1. The van der Waals surface area contributed by atoms with Gasteiger partial charge in [0.1, 0.15) is 15.6 Å². The zero-order valence-electron chi connectivity index (χ0n) is 15.5. The summed E-state index contributed by atoms with van der Waals surface area (Å²) in [6.07, 6.45) is 0. The molecule has 2 N–H and O–H groups in total. The largest absolute Gasteiger partial charge is 0.496 e. The van der Waals surface area contributed by atoms with Gasteiger partial charge < -0.3 is 15.2 Å². The van der Waals surface area contributed by atoms with E-state index in [1.807, 2.05) is 6.07 Å². The van der Waals surface area contributed by atoms with Crippen LogP contribution in [0, 0.1) is 6.92 Å². The van der Waals surface area contributed by atoms with Crippen LogP contribution in [0.15, 0.2) is 36.4 Å². The summed E-state index contributed by atoms with van der Waals surface area (Å²) in [6, 6.07) is 10.0. The van der Waals surface area contributed by atoms with Gasteiger partial charge in [-0.1, -0.05) is 23.2 Å². The van der Waals surface area contributed by atoms with Crippen LogP contribution in [0.5, 0.6) is 5.75 Å². The Bertz CT molecular complexity index is 1100. The first-order chi connectivity index (χ1) is 13.8. The van der Waals surface area contributed by atoms with E-state index < -0.39 is 5.97 Å². The lowest BCUT2D eigenvalue weighted by Crippen LogP contribution is -2.23. The second-order valence-corrected chi connectivity index (χ2v) is 7.91. The van der Waals surface area contributed by atoms with Gasteiger partial charge in [0.05, 0.1) is 23.4 Å². The third-order valence-electron chi connectivity index (χ3n) is 4.13. The van der Waals surface area contributed by atoms with Gasteiger partial charge in [0, 0.05) is 22.7 Å². The summed E-state index contributed by atoms with van der Waals surface area (Å²) in [5.41, 5.74) is 2.22. The van der Waals surface area contributed by atoms with Crippen molar-refractivity contribution < 1.29 is 19.4 Å². The number of carbonyl (C=O) groups is 2. The van der Waals surface area contributed by atoms with Gasteiger partial charge in [0.15, 0.2) is 0 Å². The van der Waals surface area contributed by atoms with E-state index in [0.717, 1.165) is 16.9 Å². The van der Waals surface area contributed by atoms with Crippen molar-refractivity contribution in [2.45, 2.75) is 13.5 Å². The number of amides is 1. The number of thiazole rings is 1. The highest BCUT2D eigenvalue weighted by molar-refractivity contribution is 7.17. The minimum atomic E-state index is -1.01. The van der Waals surface area contributed by atoms with Crippen molar-refractivity contribution in [1.29, 1.82) is 0 Å². The molecule has 0 aliphatic rings. The summed E-state index contributed by atoms with van der Waals surface area (Å²) in [5, 5.41) is 13.3. The van der Waals surface area contributed by atoms with Crippen LogP contribution in [-0.4, -0.2) is 29.1 Å². The van der Waals surface area contributed by atoms with E-state index in [-0.39, 0.29) is 22.4 Å². The quantitative estimate of drug-likeness (QED) is 0.547. The minimum Gasteiger partial charge on any atom is -0.496 e. The summed E-state index contributed by atoms with van der Waals surface area (Å²) in [7, 11) is 1.53. The minimum absolute atomic E-state index is 0.185. The highest BCUT2D eigenvalue weighted by atomic mass is 35.5. The predicted molar refractivity (Wildman–Crippen MR) is 113 cm³/mol. The molecule has 29 heavy (non-hydrogen) atoms. The average Bonchev–Trinajstić information content (AvgIpc) is 3.08. The van der Waals surface area contributed by atoms with Crippen LogP contribution in [0.2, 0.25) is 10.0 Å². The van der Waals surface area contributed by atoms with Crippen molar-refractivity contribution in [2.75, 3.05) is 7.11 Å². The summed E-state index contributed by atoms with van der Waals surface area (Å²) in [5.74, 6) is -0.771. The monoisotopic (exact) mass is 450 g/mol. The molecule has 1 heterocycles. The molecular formula is C20H16Cl2N2O4S. The number of halogens is 2. The van der Waals surface area contributed by atoms with Crippen LogP contribution in [0.4, 0.5) is 0 Å². The van der Waals surface area contributed by atoms with Crippen molar-refractivity contribution in [3.63, 3.8) is 0 Å². The third kappa shape index (κ3) is 4.70. The summed E-state index contributed by atoms with van der Waals surface area (Å²) in [4.78, 5) is 28.3. The fraction of sp³-hybridized carbons (Fsp3) is 0.150. The Balaban J connectivity index is 1.85. The van der Waals surface area contributed by atoms with E-state index in [0.29, 0.717) is 32.6 Å². The lowest BCUT2D eigenvalue weighted by atomic mass is 10.1. The Morgan fingerprint density at radius 2 is 1.97 bits per heavy atom. The highest BCUT2D eigenvalue weighted by Crippen LogP contribution is 2.31. The Kier molecular flexibility index (Phi) is 6.42. The summed E-state index contributed by atoms with van der Waals surface area (Å²) >= 11 is 13.1. The average molecular weight is 451 g/mol. The van der Waals surface area contributed by atoms with Crippen LogP contribution in [0.1, 0.15) is 31.3 Å². The smallest absolute Gasteiger partial charge is 0.347 e. The van der Waals surface area contributed by atoms with E-state index in [2.05, 4.69) is 10.3 Å². The Morgan fingerprint density at radius 1 is 1.21 bits per heavy atom. The van der Waals surface area contributed by atoms with Gasteiger partial charge in [-0.15, -0.1) is 11.3 Å². The van der Waals surface area contributed by atoms with Gasteiger partial charge in [-0.3, -0.25) is 4.79 Å². The second-order valence-electron chi connectivity index (χ2n) is 6.07. The number of carboxylic acid groups (broad SMARTS) is 1. The molecule has 0 spiro atoms. The molecule has 3 aromatic rings. The Hall–Kier alpha value is -2.61. The number of nitrogens with one attached hydrogen (secondary N) is 1. The number of aromatic carboxylic acids is 1. The third-order valence-corrected chi connectivity index (χ3v) is 5.88. The molecule has 1 amide bonds. The van der Waals surface area contributed by atoms with Crippen LogP contribution < -0.4 is 10.1 Å². The molecule has 2 aromatic carbocycles. The number of carboxylic acids is 1. The molecule has 0 aliphatic heterocycles. The number of methoxy groups -OCH3 is 1. The molecule has 9 heteroatoms. The maximum atomic E-state index is 12.5. The first-order valence-electron chi connectivity index (χ1n) is 8.41. The molecule has 0 saturated carbocycles.